The molecule has 1 unspecified atom stereocenters. The molecule has 0 amide bonds. The fraction of sp³-hybridized carbons (Fsp3) is 0.419. The molecular weight excluding hydrogens is 486 g/mol. The highest BCUT2D eigenvalue weighted by atomic mass is 32.2. The van der Waals surface area contributed by atoms with Crippen molar-refractivity contribution in [1.82, 2.24) is 9.80 Å². The van der Waals surface area contributed by atoms with Gasteiger partial charge in [0.15, 0.2) is 0 Å². The van der Waals surface area contributed by atoms with Gasteiger partial charge in [0.1, 0.15) is 11.6 Å². The normalized spacial score (nSPS) is 15.8. The summed E-state index contributed by atoms with van der Waals surface area (Å²) in [6.07, 6.45) is 2.69. The number of aliphatic hydroxyl groups excluding tert-OH is 1. The molecular formula is C31H38F2N2OS. The van der Waals surface area contributed by atoms with Crippen molar-refractivity contribution in [3.05, 3.63) is 107 Å². The molecule has 1 fully saturated rings. The maximum atomic E-state index is 13.5. The second kappa shape index (κ2) is 14.6. The predicted octanol–water partition coefficient (Wildman–Crippen LogP) is 5.83. The highest BCUT2D eigenvalue weighted by molar-refractivity contribution is 7.99. The van der Waals surface area contributed by atoms with E-state index in [-0.39, 0.29) is 23.7 Å². The van der Waals surface area contributed by atoms with Crippen LogP contribution in [0.25, 0.3) is 0 Å². The summed E-state index contributed by atoms with van der Waals surface area (Å²) < 4.78 is 27.0. The Morgan fingerprint density at radius 3 is 1.92 bits per heavy atom. The first-order valence-corrected chi connectivity index (χ1v) is 14.5. The molecule has 0 aromatic heterocycles. The fourth-order valence-electron chi connectivity index (χ4n) is 5.04. The van der Waals surface area contributed by atoms with Gasteiger partial charge in [0.2, 0.25) is 0 Å². The summed E-state index contributed by atoms with van der Waals surface area (Å²) in [6.45, 7) is 5.71. The van der Waals surface area contributed by atoms with Gasteiger partial charge in [-0.1, -0.05) is 54.6 Å². The van der Waals surface area contributed by atoms with E-state index >= 15 is 0 Å². The Kier molecular flexibility index (Phi) is 11.0. The van der Waals surface area contributed by atoms with Crippen LogP contribution in [0, 0.1) is 11.6 Å². The molecule has 0 aliphatic carbocycles. The minimum Gasteiger partial charge on any atom is -0.391 e. The first-order valence-electron chi connectivity index (χ1n) is 13.3. The van der Waals surface area contributed by atoms with Crippen LogP contribution in [-0.2, 0) is 6.42 Å². The molecule has 6 heteroatoms. The van der Waals surface area contributed by atoms with E-state index in [0.29, 0.717) is 0 Å². The minimum atomic E-state index is -0.292. The van der Waals surface area contributed by atoms with Crippen LogP contribution in [0.15, 0.2) is 78.9 Å². The molecule has 3 nitrogen and oxygen atoms in total. The number of rotatable bonds is 13. The number of halogens is 2. The van der Waals surface area contributed by atoms with E-state index in [1.165, 1.54) is 29.8 Å². The Hall–Kier alpha value is -2.25. The molecule has 3 aromatic rings. The third kappa shape index (κ3) is 9.22. The Morgan fingerprint density at radius 1 is 0.757 bits per heavy atom. The Bertz CT molecular complexity index is 996. The van der Waals surface area contributed by atoms with Gasteiger partial charge >= 0.3 is 0 Å². The van der Waals surface area contributed by atoms with Gasteiger partial charge in [-0.15, -0.1) is 0 Å². The number of β-amino-alcohol motifs (C(OH)–C–C–N with tert-alkyl or cyclic N) is 1. The average molecular weight is 525 g/mol. The van der Waals surface area contributed by atoms with Gasteiger partial charge in [-0.05, 0) is 72.5 Å². The van der Waals surface area contributed by atoms with Gasteiger partial charge in [0.05, 0.1) is 6.10 Å². The van der Waals surface area contributed by atoms with Crippen LogP contribution in [0.5, 0.6) is 0 Å². The van der Waals surface area contributed by atoms with Gasteiger partial charge in [0.25, 0.3) is 0 Å². The van der Waals surface area contributed by atoms with E-state index in [2.05, 4.69) is 34.1 Å². The molecule has 0 saturated carbocycles. The van der Waals surface area contributed by atoms with Crippen molar-refractivity contribution in [2.45, 2.75) is 31.3 Å². The standard InChI is InChI=1S/C31H38F2N2OS/c32-28-12-8-26(9-13-28)31(27-10-14-29(33)15-11-27)7-4-17-34-18-20-35(21-19-34)23-30(36)24-37-22-16-25-5-2-1-3-6-25/h1-3,5-6,8-15,30-31,36H,4,7,16-24H2. The molecule has 1 atom stereocenters. The summed E-state index contributed by atoms with van der Waals surface area (Å²) >= 11 is 1.83. The van der Waals surface area contributed by atoms with Crippen LogP contribution in [-0.4, -0.2) is 71.8 Å². The lowest BCUT2D eigenvalue weighted by molar-refractivity contribution is 0.0819. The molecule has 37 heavy (non-hydrogen) atoms. The number of aliphatic hydroxyl groups is 1. The van der Waals surface area contributed by atoms with E-state index < -0.39 is 0 Å². The van der Waals surface area contributed by atoms with Crippen LogP contribution in [0.4, 0.5) is 8.78 Å². The Labute approximate surface area is 224 Å². The summed E-state index contributed by atoms with van der Waals surface area (Å²) in [6, 6.07) is 23.9. The van der Waals surface area contributed by atoms with Crippen LogP contribution < -0.4 is 0 Å². The number of nitrogens with zero attached hydrogens (tertiary/aromatic N) is 2. The van der Waals surface area contributed by atoms with Crippen molar-refractivity contribution in [1.29, 1.82) is 0 Å². The molecule has 1 aliphatic heterocycles. The first-order chi connectivity index (χ1) is 18.1. The van der Waals surface area contributed by atoms with Crippen LogP contribution in [0.2, 0.25) is 0 Å². The second-order valence-corrected chi connectivity index (χ2v) is 11.1. The SMILES string of the molecule is OC(CSCCc1ccccc1)CN1CCN(CCCC(c2ccc(F)cc2)c2ccc(F)cc2)CC1. The molecule has 0 radical (unpaired) electrons. The monoisotopic (exact) mass is 524 g/mol. The molecule has 0 spiro atoms. The fourth-order valence-corrected chi connectivity index (χ4v) is 5.96. The smallest absolute Gasteiger partial charge is 0.123 e. The van der Waals surface area contributed by atoms with E-state index in [4.69, 9.17) is 0 Å². The predicted molar refractivity (Wildman–Crippen MR) is 150 cm³/mol. The van der Waals surface area contributed by atoms with Crippen LogP contribution in [0.1, 0.15) is 35.4 Å². The lowest BCUT2D eigenvalue weighted by Gasteiger charge is -2.35. The lowest BCUT2D eigenvalue weighted by Crippen LogP contribution is -2.49. The summed E-state index contributed by atoms with van der Waals surface area (Å²) in [4.78, 5) is 4.86. The quantitative estimate of drug-likeness (QED) is 0.285. The van der Waals surface area contributed by atoms with Gasteiger partial charge in [-0.3, -0.25) is 4.90 Å². The van der Waals surface area contributed by atoms with Crippen molar-refractivity contribution < 1.29 is 13.9 Å². The van der Waals surface area contributed by atoms with Crippen LogP contribution in [0.3, 0.4) is 0 Å². The maximum absolute atomic E-state index is 13.5. The van der Waals surface area contributed by atoms with E-state index in [9.17, 15) is 13.9 Å². The molecule has 1 saturated heterocycles. The lowest BCUT2D eigenvalue weighted by atomic mass is 9.87. The van der Waals surface area contributed by atoms with Crippen molar-refractivity contribution in [3.8, 4) is 0 Å². The zero-order valence-electron chi connectivity index (χ0n) is 21.4. The minimum absolute atomic E-state index is 0.122. The Balaban J connectivity index is 1.16. The molecule has 198 valence electrons. The van der Waals surface area contributed by atoms with Gasteiger partial charge in [-0.25, -0.2) is 8.78 Å². The topological polar surface area (TPSA) is 26.7 Å². The first kappa shape index (κ1) is 27.8. The molecule has 3 aromatic carbocycles. The Morgan fingerprint density at radius 2 is 1.32 bits per heavy atom. The number of benzene rings is 3. The van der Waals surface area contributed by atoms with E-state index in [0.717, 1.165) is 81.2 Å². The number of hydrogen-bond donors (Lipinski definition) is 1. The van der Waals surface area contributed by atoms with Crippen LogP contribution >= 0.6 is 11.8 Å². The zero-order chi connectivity index (χ0) is 25.9. The average Bonchev–Trinajstić information content (AvgIpc) is 2.92. The molecule has 4 rings (SSSR count). The van der Waals surface area contributed by atoms with Crippen molar-refractivity contribution in [3.63, 3.8) is 0 Å². The number of thioether (sulfide) groups is 1. The summed E-state index contributed by atoms with van der Waals surface area (Å²) in [7, 11) is 0. The second-order valence-electron chi connectivity index (χ2n) is 9.90. The largest absolute Gasteiger partial charge is 0.391 e. The third-order valence-corrected chi connectivity index (χ3v) is 8.25. The molecule has 1 aliphatic rings. The number of hydrogen-bond acceptors (Lipinski definition) is 4. The zero-order valence-corrected chi connectivity index (χ0v) is 22.3. The van der Waals surface area contributed by atoms with E-state index in [1.54, 1.807) is 0 Å². The summed E-state index contributed by atoms with van der Waals surface area (Å²) in [5.74, 6) is 1.45. The van der Waals surface area contributed by atoms with Gasteiger partial charge in [0, 0.05) is 44.4 Å². The number of aryl methyl sites for hydroxylation is 1. The third-order valence-electron chi connectivity index (χ3n) is 7.13. The van der Waals surface area contributed by atoms with Gasteiger partial charge < -0.3 is 10.0 Å². The molecule has 0 bridgehead atoms. The van der Waals surface area contributed by atoms with Gasteiger partial charge in [-0.2, -0.15) is 11.8 Å². The highest BCUT2D eigenvalue weighted by Gasteiger charge is 2.20. The molecule has 1 heterocycles. The van der Waals surface area contributed by atoms with Crippen molar-refractivity contribution >= 4 is 11.8 Å². The van der Waals surface area contributed by atoms with Crippen molar-refractivity contribution in [2.75, 3.05) is 50.8 Å². The highest BCUT2D eigenvalue weighted by Crippen LogP contribution is 2.30. The summed E-state index contributed by atoms with van der Waals surface area (Å²) in [5, 5.41) is 10.5. The maximum Gasteiger partial charge on any atom is 0.123 e. The number of piperazine rings is 1. The van der Waals surface area contributed by atoms with Crippen molar-refractivity contribution in [2.24, 2.45) is 0 Å². The summed E-state index contributed by atoms with van der Waals surface area (Å²) in [5.41, 5.74) is 3.48. The van der Waals surface area contributed by atoms with E-state index in [1.807, 2.05) is 42.1 Å². The molecule has 1 N–H and O–H groups in total.